The van der Waals surface area contributed by atoms with Gasteiger partial charge in [-0.15, -0.1) is 0 Å². The minimum atomic E-state index is -0.537. The zero-order chi connectivity index (χ0) is 9.84. The van der Waals surface area contributed by atoms with Gasteiger partial charge in [0.25, 0.3) is 0 Å². The van der Waals surface area contributed by atoms with E-state index >= 15 is 0 Å². The van der Waals surface area contributed by atoms with Crippen LogP contribution < -0.4 is 10.5 Å². The molecule has 70 valence electrons. The number of carbonyl (C=O) groups excluding carboxylic acids is 1. The van der Waals surface area contributed by atoms with Gasteiger partial charge in [-0.25, -0.2) is 0 Å². The van der Waals surface area contributed by atoms with E-state index in [0.29, 0.717) is 0 Å². The molecule has 0 heterocycles. The Bertz CT molecular complexity index is 310. The van der Waals surface area contributed by atoms with Gasteiger partial charge in [0.05, 0.1) is 13.2 Å². The Kier molecular flexibility index (Phi) is 3.03. The second-order valence-corrected chi connectivity index (χ2v) is 2.89. The molecule has 0 fully saturated rings. The molecule has 0 bridgehead atoms. The Morgan fingerprint density at radius 2 is 2.23 bits per heavy atom. The molecular weight excluding hydrogens is 166 g/mol. The third-order valence-corrected chi connectivity index (χ3v) is 1.95. The Morgan fingerprint density at radius 3 is 2.69 bits per heavy atom. The predicted molar refractivity (Wildman–Crippen MR) is 50.7 cm³/mol. The van der Waals surface area contributed by atoms with Crippen LogP contribution in [-0.2, 0) is 4.79 Å². The number of nitrogens with two attached hydrogens (primary N) is 1. The van der Waals surface area contributed by atoms with E-state index in [0.717, 1.165) is 23.2 Å². The molecule has 0 spiro atoms. The van der Waals surface area contributed by atoms with Crippen molar-refractivity contribution in [3.63, 3.8) is 0 Å². The van der Waals surface area contributed by atoms with Crippen molar-refractivity contribution in [3.05, 3.63) is 29.3 Å². The van der Waals surface area contributed by atoms with Crippen molar-refractivity contribution in [2.75, 3.05) is 7.11 Å². The summed E-state index contributed by atoms with van der Waals surface area (Å²) in [5, 5.41) is 0. The topological polar surface area (TPSA) is 52.3 Å². The molecule has 1 atom stereocenters. The standard InChI is InChI=1S/C10H13NO2/c1-7-5-8(9(11)6-12)3-4-10(7)13-2/h3-6,9H,11H2,1-2H3. The normalized spacial score (nSPS) is 12.2. The van der Waals surface area contributed by atoms with E-state index in [1.807, 2.05) is 19.1 Å². The van der Waals surface area contributed by atoms with Crippen molar-refractivity contribution in [1.29, 1.82) is 0 Å². The molecule has 0 saturated heterocycles. The highest BCUT2D eigenvalue weighted by Crippen LogP contribution is 2.20. The molecule has 3 heteroatoms. The molecule has 1 aromatic carbocycles. The van der Waals surface area contributed by atoms with Gasteiger partial charge in [0.1, 0.15) is 12.0 Å². The Balaban J connectivity index is 3.02. The highest BCUT2D eigenvalue weighted by atomic mass is 16.5. The monoisotopic (exact) mass is 179 g/mol. The largest absolute Gasteiger partial charge is 0.496 e. The number of carbonyl (C=O) groups is 1. The van der Waals surface area contributed by atoms with E-state index in [1.165, 1.54) is 0 Å². The summed E-state index contributed by atoms with van der Waals surface area (Å²) in [5.74, 6) is 0.807. The molecule has 3 nitrogen and oxygen atoms in total. The van der Waals surface area contributed by atoms with Crippen LogP contribution in [-0.4, -0.2) is 13.4 Å². The third kappa shape index (κ3) is 2.06. The maximum atomic E-state index is 10.4. The quantitative estimate of drug-likeness (QED) is 0.709. The Morgan fingerprint density at radius 1 is 1.54 bits per heavy atom. The first kappa shape index (κ1) is 9.74. The van der Waals surface area contributed by atoms with E-state index in [2.05, 4.69) is 0 Å². The van der Waals surface area contributed by atoms with Crippen molar-refractivity contribution < 1.29 is 9.53 Å². The summed E-state index contributed by atoms with van der Waals surface area (Å²) in [6, 6.07) is 4.93. The second-order valence-electron chi connectivity index (χ2n) is 2.89. The van der Waals surface area contributed by atoms with Crippen LogP contribution in [0.15, 0.2) is 18.2 Å². The van der Waals surface area contributed by atoms with Crippen LogP contribution in [0.2, 0.25) is 0 Å². The summed E-state index contributed by atoms with van der Waals surface area (Å²) in [6.45, 7) is 1.92. The molecule has 2 N–H and O–H groups in total. The minimum absolute atomic E-state index is 0.537. The van der Waals surface area contributed by atoms with E-state index in [4.69, 9.17) is 10.5 Å². The summed E-state index contributed by atoms with van der Waals surface area (Å²) >= 11 is 0. The molecule has 0 radical (unpaired) electrons. The maximum absolute atomic E-state index is 10.4. The summed E-state index contributed by atoms with van der Waals surface area (Å²) < 4.78 is 5.08. The van der Waals surface area contributed by atoms with Crippen LogP contribution in [0, 0.1) is 6.92 Å². The SMILES string of the molecule is COc1ccc(C(N)C=O)cc1C. The highest BCUT2D eigenvalue weighted by molar-refractivity contribution is 5.61. The van der Waals surface area contributed by atoms with Crippen LogP contribution in [0.5, 0.6) is 5.75 Å². The third-order valence-electron chi connectivity index (χ3n) is 1.95. The molecule has 0 aliphatic rings. The number of hydrogen-bond donors (Lipinski definition) is 1. The van der Waals surface area contributed by atoms with Crippen molar-refractivity contribution in [3.8, 4) is 5.75 Å². The zero-order valence-electron chi connectivity index (χ0n) is 7.78. The summed E-state index contributed by atoms with van der Waals surface area (Å²) in [7, 11) is 1.61. The summed E-state index contributed by atoms with van der Waals surface area (Å²) in [6.07, 6.45) is 0.723. The number of aryl methyl sites for hydroxylation is 1. The molecular formula is C10H13NO2. The van der Waals surface area contributed by atoms with Gasteiger partial charge in [0, 0.05) is 0 Å². The Labute approximate surface area is 77.5 Å². The maximum Gasteiger partial charge on any atom is 0.141 e. The predicted octanol–water partition coefficient (Wildman–Crippen LogP) is 1.20. The number of benzene rings is 1. The van der Waals surface area contributed by atoms with Gasteiger partial charge in [0.2, 0.25) is 0 Å². The van der Waals surface area contributed by atoms with E-state index in [9.17, 15) is 4.79 Å². The van der Waals surface area contributed by atoms with Crippen molar-refractivity contribution in [2.24, 2.45) is 5.73 Å². The highest BCUT2D eigenvalue weighted by Gasteiger charge is 2.05. The molecule has 0 aliphatic heterocycles. The second kappa shape index (κ2) is 4.05. The fraction of sp³-hybridized carbons (Fsp3) is 0.300. The lowest BCUT2D eigenvalue weighted by atomic mass is 10.1. The summed E-state index contributed by atoms with van der Waals surface area (Å²) in [5.41, 5.74) is 7.34. The fourth-order valence-corrected chi connectivity index (χ4v) is 1.19. The van der Waals surface area contributed by atoms with Crippen LogP contribution in [0.1, 0.15) is 17.2 Å². The number of hydrogen-bond acceptors (Lipinski definition) is 3. The molecule has 1 unspecified atom stereocenters. The lowest BCUT2D eigenvalue weighted by Gasteiger charge is -2.08. The molecule has 0 aromatic heterocycles. The number of aldehydes is 1. The first-order valence-electron chi connectivity index (χ1n) is 4.04. The Hall–Kier alpha value is -1.35. The molecule has 0 saturated carbocycles. The van der Waals surface area contributed by atoms with E-state index in [1.54, 1.807) is 13.2 Å². The molecule has 0 aliphatic carbocycles. The van der Waals surface area contributed by atoms with Gasteiger partial charge in [-0.05, 0) is 24.1 Å². The zero-order valence-corrected chi connectivity index (χ0v) is 7.78. The first-order chi connectivity index (χ1) is 6.19. The smallest absolute Gasteiger partial charge is 0.141 e. The number of rotatable bonds is 3. The van der Waals surface area contributed by atoms with Crippen molar-refractivity contribution in [1.82, 2.24) is 0 Å². The van der Waals surface area contributed by atoms with Crippen LogP contribution in [0.25, 0.3) is 0 Å². The van der Waals surface area contributed by atoms with Gasteiger partial charge >= 0.3 is 0 Å². The molecule has 1 aromatic rings. The van der Waals surface area contributed by atoms with Crippen LogP contribution in [0.3, 0.4) is 0 Å². The minimum Gasteiger partial charge on any atom is -0.496 e. The van der Waals surface area contributed by atoms with Crippen LogP contribution in [0.4, 0.5) is 0 Å². The number of methoxy groups -OCH3 is 1. The molecule has 13 heavy (non-hydrogen) atoms. The van der Waals surface area contributed by atoms with E-state index < -0.39 is 6.04 Å². The molecule has 1 rings (SSSR count). The van der Waals surface area contributed by atoms with E-state index in [-0.39, 0.29) is 0 Å². The van der Waals surface area contributed by atoms with Gasteiger partial charge in [-0.2, -0.15) is 0 Å². The fourth-order valence-electron chi connectivity index (χ4n) is 1.19. The van der Waals surface area contributed by atoms with Gasteiger partial charge in [-0.3, -0.25) is 0 Å². The average molecular weight is 179 g/mol. The van der Waals surface area contributed by atoms with Crippen molar-refractivity contribution >= 4 is 6.29 Å². The van der Waals surface area contributed by atoms with Gasteiger partial charge < -0.3 is 15.3 Å². The lowest BCUT2D eigenvalue weighted by molar-refractivity contribution is -0.109. The first-order valence-corrected chi connectivity index (χ1v) is 4.04. The van der Waals surface area contributed by atoms with Gasteiger partial charge in [0.15, 0.2) is 0 Å². The number of ether oxygens (including phenoxy) is 1. The summed E-state index contributed by atoms with van der Waals surface area (Å²) in [4.78, 5) is 10.4. The van der Waals surface area contributed by atoms with Crippen molar-refractivity contribution in [2.45, 2.75) is 13.0 Å². The molecule has 0 amide bonds. The lowest BCUT2D eigenvalue weighted by Crippen LogP contribution is -2.11. The van der Waals surface area contributed by atoms with Crippen LogP contribution >= 0.6 is 0 Å². The van der Waals surface area contributed by atoms with Gasteiger partial charge in [-0.1, -0.05) is 12.1 Å². The average Bonchev–Trinajstić information content (AvgIpc) is 2.16.